The van der Waals surface area contributed by atoms with E-state index in [1.807, 2.05) is 44.2 Å². The molecule has 8 heteroatoms. The first-order chi connectivity index (χ1) is 13.7. The summed E-state index contributed by atoms with van der Waals surface area (Å²) in [5.74, 6) is -1.17. The lowest BCUT2D eigenvalue weighted by Crippen LogP contribution is -2.35. The fourth-order valence-electron chi connectivity index (χ4n) is 2.50. The zero-order valence-corrected chi connectivity index (χ0v) is 17.6. The minimum atomic E-state index is -3.83. The number of sulfonamides is 1. The minimum Gasteiger partial charge on any atom is -0.452 e. The van der Waals surface area contributed by atoms with Gasteiger partial charge in [0.25, 0.3) is 5.91 Å². The van der Waals surface area contributed by atoms with Crippen LogP contribution in [0.1, 0.15) is 41.8 Å². The minimum absolute atomic E-state index is 0.00746. The molecular formula is C21H26N2O5S. The van der Waals surface area contributed by atoms with E-state index in [0.29, 0.717) is 5.56 Å². The molecule has 29 heavy (non-hydrogen) atoms. The Morgan fingerprint density at radius 2 is 1.79 bits per heavy atom. The molecule has 1 amide bonds. The number of esters is 1. The van der Waals surface area contributed by atoms with Gasteiger partial charge in [0.15, 0.2) is 6.61 Å². The van der Waals surface area contributed by atoms with Gasteiger partial charge in [0.05, 0.1) is 10.5 Å². The zero-order valence-electron chi connectivity index (χ0n) is 16.8. The highest BCUT2D eigenvalue weighted by atomic mass is 32.2. The summed E-state index contributed by atoms with van der Waals surface area (Å²) in [4.78, 5) is 24.0. The Bertz CT molecular complexity index is 958. The van der Waals surface area contributed by atoms with E-state index in [1.165, 1.54) is 18.2 Å². The van der Waals surface area contributed by atoms with Crippen LogP contribution in [0.25, 0.3) is 0 Å². The Labute approximate surface area is 171 Å². The van der Waals surface area contributed by atoms with E-state index >= 15 is 0 Å². The first-order valence-electron chi connectivity index (χ1n) is 9.33. The molecule has 0 aromatic heterocycles. The lowest BCUT2D eigenvalue weighted by atomic mass is 10.1. The molecule has 2 N–H and O–H groups in total. The monoisotopic (exact) mass is 418 g/mol. The van der Waals surface area contributed by atoms with Gasteiger partial charge in [0.2, 0.25) is 10.0 Å². The molecule has 2 rings (SSSR count). The van der Waals surface area contributed by atoms with Crippen molar-refractivity contribution in [3.8, 4) is 0 Å². The van der Waals surface area contributed by atoms with Crippen molar-refractivity contribution in [3.05, 3.63) is 65.2 Å². The summed E-state index contributed by atoms with van der Waals surface area (Å²) in [5, 5.41) is 2.69. The summed E-state index contributed by atoms with van der Waals surface area (Å²) in [6, 6.07) is 13.4. The zero-order chi connectivity index (χ0) is 21.4. The third-order valence-corrected chi connectivity index (χ3v) is 5.92. The van der Waals surface area contributed by atoms with Gasteiger partial charge in [-0.25, -0.2) is 17.9 Å². The van der Waals surface area contributed by atoms with Crippen molar-refractivity contribution >= 4 is 21.9 Å². The Kier molecular flexibility index (Phi) is 7.92. The van der Waals surface area contributed by atoms with Crippen LogP contribution in [0.5, 0.6) is 0 Å². The van der Waals surface area contributed by atoms with E-state index in [0.717, 1.165) is 12.0 Å². The molecule has 156 valence electrons. The maximum Gasteiger partial charge on any atom is 0.338 e. The van der Waals surface area contributed by atoms with Crippen LogP contribution in [0.15, 0.2) is 53.4 Å². The molecule has 0 aliphatic carbocycles. The number of rotatable bonds is 9. The van der Waals surface area contributed by atoms with Gasteiger partial charge in [0.1, 0.15) is 0 Å². The fraction of sp³-hybridized carbons (Fsp3) is 0.333. The van der Waals surface area contributed by atoms with Crippen LogP contribution >= 0.6 is 0 Å². The number of aryl methyl sites for hydroxylation is 1. The molecule has 0 heterocycles. The van der Waals surface area contributed by atoms with E-state index < -0.39 is 28.5 Å². The second kappa shape index (κ2) is 10.2. The first kappa shape index (κ1) is 22.6. The van der Waals surface area contributed by atoms with Crippen LogP contribution in [-0.4, -0.2) is 32.9 Å². The number of amides is 1. The van der Waals surface area contributed by atoms with Crippen molar-refractivity contribution in [3.63, 3.8) is 0 Å². The van der Waals surface area contributed by atoms with Crippen LogP contribution in [0.3, 0.4) is 0 Å². The molecule has 0 saturated heterocycles. The van der Waals surface area contributed by atoms with E-state index in [9.17, 15) is 18.0 Å². The lowest BCUT2D eigenvalue weighted by Gasteiger charge is -2.13. The molecule has 0 bridgehead atoms. The highest BCUT2D eigenvalue weighted by Gasteiger charge is 2.20. The van der Waals surface area contributed by atoms with Crippen molar-refractivity contribution in [2.24, 2.45) is 0 Å². The van der Waals surface area contributed by atoms with Gasteiger partial charge < -0.3 is 10.1 Å². The molecule has 0 saturated carbocycles. The van der Waals surface area contributed by atoms with E-state index in [-0.39, 0.29) is 23.0 Å². The Balaban J connectivity index is 2.08. The van der Waals surface area contributed by atoms with Gasteiger partial charge in [-0.1, -0.05) is 43.3 Å². The Morgan fingerprint density at radius 1 is 1.10 bits per heavy atom. The number of ether oxygens (including phenoxy) is 1. The van der Waals surface area contributed by atoms with Gasteiger partial charge in [-0.3, -0.25) is 4.79 Å². The summed E-state index contributed by atoms with van der Waals surface area (Å²) < 4.78 is 32.9. The molecule has 0 aliphatic rings. The van der Waals surface area contributed by atoms with E-state index in [2.05, 4.69) is 10.0 Å². The van der Waals surface area contributed by atoms with Crippen molar-refractivity contribution in [1.29, 1.82) is 0 Å². The predicted octanol–water partition coefficient (Wildman–Crippen LogP) is 2.55. The molecule has 0 radical (unpaired) electrons. The molecule has 0 aliphatic heterocycles. The quantitative estimate of drug-likeness (QED) is 0.610. The third-order valence-electron chi connectivity index (χ3n) is 4.38. The predicted molar refractivity (Wildman–Crippen MR) is 110 cm³/mol. The van der Waals surface area contributed by atoms with Crippen LogP contribution < -0.4 is 10.0 Å². The summed E-state index contributed by atoms with van der Waals surface area (Å²) in [6.07, 6.45) is 0.759. The van der Waals surface area contributed by atoms with Gasteiger partial charge in [0, 0.05) is 12.6 Å². The largest absolute Gasteiger partial charge is 0.452 e. The molecule has 0 fully saturated rings. The maximum atomic E-state index is 12.7. The van der Waals surface area contributed by atoms with Crippen LogP contribution in [0.2, 0.25) is 0 Å². The Hall–Kier alpha value is -2.71. The van der Waals surface area contributed by atoms with E-state index in [1.54, 1.807) is 6.92 Å². The van der Waals surface area contributed by atoms with Crippen LogP contribution in [0, 0.1) is 6.92 Å². The van der Waals surface area contributed by atoms with Crippen molar-refractivity contribution in [2.45, 2.75) is 44.7 Å². The summed E-state index contributed by atoms with van der Waals surface area (Å²) in [7, 11) is -3.83. The van der Waals surface area contributed by atoms with Gasteiger partial charge >= 0.3 is 5.97 Å². The standard InChI is InChI=1S/C21H26N2O5S/c1-4-16(3)23-20(24)14-28-21(25)18-11-10-15(2)19(12-18)29(26,27)22-13-17-8-6-5-7-9-17/h5-12,16,22H,4,13-14H2,1-3H3,(H,23,24)/t16-/m0/s1. The van der Waals surface area contributed by atoms with Crippen molar-refractivity contribution in [1.82, 2.24) is 10.0 Å². The van der Waals surface area contributed by atoms with Gasteiger partial charge in [-0.05, 0) is 43.5 Å². The highest BCUT2D eigenvalue weighted by molar-refractivity contribution is 7.89. The molecule has 0 spiro atoms. The number of nitrogens with one attached hydrogen (secondary N) is 2. The average molecular weight is 419 g/mol. The molecular weight excluding hydrogens is 392 g/mol. The second-order valence-corrected chi connectivity index (χ2v) is 8.48. The second-order valence-electron chi connectivity index (χ2n) is 6.74. The first-order valence-corrected chi connectivity index (χ1v) is 10.8. The van der Waals surface area contributed by atoms with Gasteiger partial charge in [-0.2, -0.15) is 0 Å². The average Bonchev–Trinajstić information content (AvgIpc) is 2.71. The number of hydrogen-bond acceptors (Lipinski definition) is 5. The highest BCUT2D eigenvalue weighted by Crippen LogP contribution is 2.18. The topological polar surface area (TPSA) is 102 Å². The van der Waals surface area contributed by atoms with Crippen molar-refractivity contribution < 1.29 is 22.7 Å². The van der Waals surface area contributed by atoms with Crippen LogP contribution in [0.4, 0.5) is 0 Å². The maximum absolute atomic E-state index is 12.7. The van der Waals surface area contributed by atoms with E-state index in [4.69, 9.17) is 4.74 Å². The third kappa shape index (κ3) is 6.69. The molecule has 7 nitrogen and oxygen atoms in total. The summed E-state index contributed by atoms with van der Waals surface area (Å²) in [5.41, 5.74) is 1.38. The molecule has 1 atom stereocenters. The number of carbonyl (C=O) groups is 2. The van der Waals surface area contributed by atoms with Gasteiger partial charge in [-0.15, -0.1) is 0 Å². The molecule has 0 unspecified atom stereocenters. The molecule has 2 aromatic carbocycles. The molecule has 2 aromatic rings. The van der Waals surface area contributed by atoms with Crippen molar-refractivity contribution in [2.75, 3.05) is 6.61 Å². The summed E-state index contributed by atoms with van der Waals surface area (Å²) in [6.45, 7) is 5.13. The summed E-state index contributed by atoms with van der Waals surface area (Å²) >= 11 is 0. The Morgan fingerprint density at radius 3 is 2.45 bits per heavy atom. The fourth-order valence-corrected chi connectivity index (χ4v) is 3.79. The smallest absolute Gasteiger partial charge is 0.338 e. The van der Waals surface area contributed by atoms with Crippen LogP contribution in [-0.2, 0) is 26.1 Å². The normalized spacial score (nSPS) is 12.2. The SMILES string of the molecule is CC[C@H](C)NC(=O)COC(=O)c1ccc(C)c(S(=O)(=O)NCc2ccccc2)c1. The number of hydrogen-bond donors (Lipinski definition) is 2. The number of carbonyl (C=O) groups excluding carboxylic acids is 2. The number of benzene rings is 2. The lowest BCUT2D eigenvalue weighted by molar-refractivity contribution is -0.124.